The van der Waals surface area contributed by atoms with Crippen molar-refractivity contribution in [3.63, 3.8) is 0 Å². The van der Waals surface area contributed by atoms with Crippen LogP contribution in [0.15, 0.2) is 34.1 Å². The van der Waals surface area contributed by atoms with Gasteiger partial charge < -0.3 is 0 Å². The van der Waals surface area contributed by atoms with Crippen molar-refractivity contribution in [3.05, 3.63) is 24.3 Å². The second-order valence-electron chi connectivity index (χ2n) is 3.13. The second kappa shape index (κ2) is 5.92. The minimum absolute atomic E-state index is 0.0355. The van der Waals surface area contributed by atoms with Gasteiger partial charge in [0, 0.05) is 11.3 Å². The van der Waals surface area contributed by atoms with Crippen LogP contribution in [-0.2, 0) is 9.84 Å². The smallest absolute Gasteiger partial charge is 0.179 e. The van der Waals surface area contributed by atoms with Crippen molar-refractivity contribution in [1.29, 1.82) is 5.26 Å². The summed E-state index contributed by atoms with van der Waals surface area (Å²) in [7, 11) is -3.29. The van der Waals surface area contributed by atoms with Gasteiger partial charge in [-0.25, -0.2) is 8.42 Å². The van der Waals surface area contributed by atoms with E-state index < -0.39 is 9.84 Å². The molecule has 0 aliphatic carbocycles. The summed E-state index contributed by atoms with van der Waals surface area (Å²) < 4.78 is 23.4. The molecule has 0 aliphatic rings. The lowest BCUT2D eigenvalue weighted by molar-refractivity contribution is 0.596. The van der Waals surface area contributed by atoms with E-state index in [0.29, 0.717) is 4.90 Å². The first-order valence-electron chi connectivity index (χ1n) is 4.92. The van der Waals surface area contributed by atoms with Crippen molar-refractivity contribution < 1.29 is 8.42 Å². The largest absolute Gasteiger partial charge is 0.224 e. The van der Waals surface area contributed by atoms with Crippen molar-refractivity contribution >= 4 is 21.6 Å². The molecule has 0 radical (unpaired) electrons. The number of rotatable bonds is 5. The van der Waals surface area contributed by atoms with Gasteiger partial charge in [-0.15, -0.1) is 11.8 Å². The van der Waals surface area contributed by atoms with Crippen molar-refractivity contribution in [2.45, 2.75) is 23.1 Å². The van der Waals surface area contributed by atoms with Gasteiger partial charge in [-0.2, -0.15) is 5.26 Å². The Morgan fingerprint density at radius 2 is 1.94 bits per heavy atom. The fourth-order valence-electron chi connectivity index (χ4n) is 1.21. The summed E-state index contributed by atoms with van der Waals surface area (Å²) in [6, 6.07) is 8.64. The first kappa shape index (κ1) is 13.1. The van der Waals surface area contributed by atoms with E-state index >= 15 is 0 Å². The molecule has 1 aromatic rings. The van der Waals surface area contributed by atoms with Crippen LogP contribution in [0.5, 0.6) is 0 Å². The van der Waals surface area contributed by atoms with Crippen LogP contribution < -0.4 is 0 Å². The fourth-order valence-corrected chi connectivity index (χ4v) is 3.02. The molecule has 86 valence electrons. The molecule has 3 nitrogen and oxygen atoms in total. The highest BCUT2D eigenvalue weighted by molar-refractivity contribution is 7.99. The molecule has 0 fully saturated rings. The number of sulfone groups is 1. The maximum Gasteiger partial charge on any atom is 0.179 e. The van der Waals surface area contributed by atoms with E-state index in [2.05, 4.69) is 0 Å². The molecule has 0 amide bonds. The molecule has 0 aliphatic heterocycles. The lowest BCUT2D eigenvalue weighted by atomic mass is 10.4. The molecule has 0 spiro atoms. The van der Waals surface area contributed by atoms with Gasteiger partial charge in [0.15, 0.2) is 9.84 Å². The number of hydrogen-bond acceptors (Lipinski definition) is 4. The summed E-state index contributed by atoms with van der Waals surface area (Å²) in [6.45, 7) is 2.04. The summed E-state index contributed by atoms with van der Waals surface area (Å²) in [6.07, 6.45) is 0.0355. The Labute approximate surface area is 100 Å². The van der Waals surface area contributed by atoms with Gasteiger partial charge in [0.25, 0.3) is 0 Å². The van der Waals surface area contributed by atoms with Crippen LogP contribution in [-0.4, -0.2) is 19.9 Å². The zero-order chi connectivity index (χ0) is 12.0. The number of nitriles is 1. The zero-order valence-electron chi connectivity index (χ0n) is 9.01. The van der Waals surface area contributed by atoms with Crippen LogP contribution in [0.1, 0.15) is 13.3 Å². The minimum atomic E-state index is -3.29. The number of hydrogen-bond donors (Lipinski definition) is 0. The first-order valence-corrected chi connectivity index (χ1v) is 7.56. The maximum atomic E-state index is 11.7. The van der Waals surface area contributed by atoms with Crippen LogP contribution in [0, 0.1) is 11.3 Å². The molecule has 0 atom stereocenters. The third-order valence-electron chi connectivity index (χ3n) is 1.98. The van der Waals surface area contributed by atoms with Gasteiger partial charge in [-0.1, -0.05) is 6.92 Å². The highest BCUT2D eigenvalue weighted by Gasteiger charge is 2.13. The molecule has 16 heavy (non-hydrogen) atoms. The Morgan fingerprint density at radius 3 is 2.44 bits per heavy atom. The van der Waals surface area contributed by atoms with E-state index in [1.54, 1.807) is 36.0 Å². The van der Waals surface area contributed by atoms with E-state index in [1.165, 1.54) is 0 Å². The van der Waals surface area contributed by atoms with Crippen molar-refractivity contribution in [1.82, 2.24) is 0 Å². The topological polar surface area (TPSA) is 57.9 Å². The average Bonchev–Trinajstić information content (AvgIpc) is 2.28. The fraction of sp³-hybridized carbons (Fsp3) is 0.364. The van der Waals surface area contributed by atoms with Gasteiger partial charge in [-0.05, 0) is 30.0 Å². The predicted octanol–water partition coefficient (Wildman–Crippen LogP) is 2.49. The van der Waals surface area contributed by atoms with Crippen LogP contribution >= 0.6 is 11.8 Å². The number of benzene rings is 1. The van der Waals surface area contributed by atoms with E-state index in [4.69, 9.17) is 5.26 Å². The molecule has 0 N–H and O–H groups in total. The molecular weight excluding hydrogens is 242 g/mol. The third kappa shape index (κ3) is 3.54. The monoisotopic (exact) mass is 255 g/mol. The molecule has 0 heterocycles. The molecule has 0 saturated carbocycles. The van der Waals surface area contributed by atoms with Crippen LogP contribution in [0.3, 0.4) is 0 Å². The average molecular weight is 255 g/mol. The lowest BCUT2D eigenvalue weighted by Gasteiger charge is -2.03. The SMILES string of the molecule is CCSc1ccc(S(=O)(=O)CCC#N)cc1. The van der Waals surface area contributed by atoms with Gasteiger partial charge >= 0.3 is 0 Å². The maximum absolute atomic E-state index is 11.7. The van der Waals surface area contributed by atoms with Gasteiger partial charge in [0.1, 0.15) is 0 Å². The highest BCUT2D eigenvalue weighted by atomic mass is 32.2. The van der Waals surface area contributed by atoms with E-state index in [-0.39, 0.29) is 12.2 Å². The van der Waals surface area contributed by atoms with Crippen molar-refractivity contribution in [3.8, 4) is 6.07 Å². The summed E-state index contributed by atoms with van der Waals surface area (Å²) in [5.74, 6) is 0.851. The molecule has 0 bridgehead atoms. The predicted molar refractivity (Wildman–Crippen MR) is 65.1 cm³/mol. The molecule has 5 heteroatoms. The van der Waals surface area contributed by atoms with Crippen LogP contribution in [0.4, 0.5) is 0 Å². The van der Waals surface area contributed by atoms with E-state index in [0.717, 1.165) is 10.6 Å². The van der Waals surface area contributed by atoms with Crippen molar-refractivity contribution in [2.24, 2.45) is 0 Å². The van der Waals surface area contributed by atoms with Gasteiger partial charge in [0.2, 0.25) is 0 Å². The molecule has 1 rings (SSSR count). The Bertz CT molecular complexity index is 472. The summed E-state index contributed by atoms with van der Waals surface area (Å²) in [5.41, 5.74) is 0. The zero-order valence-corrected chi connectivity index (χ0v) is 10.6. The molecule has 0 unspecified atom stereocenters. The molecule has 0 aromatic heterocycles. The Balaban J connectivity index is 2.85. The standard InChI is InChI=1S/C11H13NO2S2/c1-2-15-10-4-6-11(7-5-10)16(13,14)9-3-8-12/h4-7H,2-3,9H2,1H3. The Hall–Kier alpha value is -0.990. The van der Waals surface area contributed by atoms with Gasteiger partial charge in [-0.3, -0.25) is 0 Å². The van der Waals surface area contributed by atoms with E-state index in [1.807, 2.05) is 13.0 Å². The number of thioether (sulfide) groups is 1. The molecule has 0 saturated heterocycles. The lowest BCUT2D eigenvalue weighted by Crippen LogP contribution is -2.05. The number of nitrogens with zero attached hydrogens (tertiary/aromatic N) is 1. The summed E-state index contributed by atoms with van der Waals surface area (Å²) in [4.78, 5) is 1.35. The third-order valence-corrected chi connectivity index (χ3v) is 4.60. The molecule has 1 aromatic carbocycles. The molecular formula is C11H13NO2S2. The Kier molecular flexibility index (Phi) is 4.84. The first-order chi connectivity index (χ1) is 7.60. The van der Waals surface area contributed by atoms with Gasteiger partial charge in [0.05, 0.1) is 16.7 Å². The van der Waals surface area contributed by atoms with Crippen LogP contribution in [0.2, 0.25) is 0 Å². The van der Waals surface area contributed by atoms with Crippen LogP contribution in [0.25, 0.3) is 0 Å². The summed E-state index contributed by atoms with van der Waals surface area (Å²) >= 11 is 1.67. The second-order valence-corrected chi connectivity index (χ2v) is 6.58. The van der Waals surface area contributed by atoms with Crippen molar-refractivity contribution in [2.75, 3.05) is 11.5 Å². The summed E-state index contributed by atoms with van der Waals surface area (Å²) in [5, 5.41) is 8.37. The minimum Gasteiger partial charge on any atom is -0.224 e. The highest BCUT2D eigenvalue weighted by Crippen LogP contribution is 2.20. The van der Waals surface area contributed by atoms with E-state index in [9.17, 15) is 8.42 Å². The normalized spacial score (nSPS) is 11.0. The Morgan fingerprint density at radius 1 is 1.31 bits per heavy atom. The quantitative estimate of drug-likeness (QED) is 0.758.